The van der Waals surface area contributed by atoms with Crippen molar-refractivity contribution in [1.82, 2.24) is 10.6 Å². The van der Waals surface area contributed by atoms with Gasteiger partial charge in [0.25, 0.3) is 0 Å². The predicted molar refractivity (Wildman–Crippen MR) is 76.3 cm³/mol. The number of nitrogens with zero attached hydrogens (tertiary/aromatic N) is 1. The fourth-order valence-corrected chi connectivity index (χ4v) is 2.74. The summed E-state index contributed by atoms with van der Waals surface area (Å²) in [5, 5.41) is 6.15. The van der Waals surface area contributed by atoms with Crippen LogP contribution in [0.15, 0.2) is 24.3 Å². The van der Waals surface area contributed by atoms with Crippen LogP contribution in [0.1, 0.15) is 12.0 Å². The van der Waals surface area contributed by atoms with Gasteiger partial charge in [-0.2, -0.15) is 0 Å². The van der Waals surface area contributed by atoms with E-state index in [2.05, 4.69) is 39.8 Å². The Morgan fingerprint density at radius 3 is 3.00 bits per heavy atom. The highest BCUT2D eigenvalue weighted by atomic mass is 16.2. The highest BCUT2D eigenvalue weighted by Gasteiger charge is 2.24. The van der Waals surface area contributed by atoms with Crippen LogP contribution in [-0.2, 0) is 11.2 Å². The molecule has 0 radical (unpaired) electrons. The molecule has 0 aliphatic carbocycles. The van der Waals surface area contributed by atoms with Crippen LogP contribution >= 0.6 is 0 Å². The standard InChI is InChI=1S/C15H21N3O/c19-15(13-10-16-11-13)17-7-3-8-18-9-6-12-4-1-2-5-14(12)18/h1-2,4-5,13,16H,3,6-11H2,(H,17,19). The highest BCUT2D eigenvalue weighted by molar-refractivity contribution is 5.79. The molecule has 0 spiro atoms. The summed E-state index contributed by atoms with van der Waals surface area (Å²) >= 11 is 0. The number of nitrogens with one attached hydrogen (secondary N) is 2. The summed E-state index contributed by atoms with van der Waals surface area (Å²) in [7, 11) is 0. The normalized spacial score (nSPS) is 18.0. The number of benzene rings is 1. The lowest BCUT2D eigenvalue weighted by molar-refractivity contribution is -0.126. The van der Waals surface area contributed by atoms with Gasteiger partial charge in [-0.25, -0.2) is 0 Å². The van der Waals surface area contributed by atoms with Gasteiger partial charge in [-0.05, 0) is 24.5 Å². The van der Waals surface area contributed by atoms with Crippen LogP contribution in [0, 0.1) is 5.92 Å². The van der Waals surface area contributed by atoms with Crippen LogP contribution in [0.2, 0.25) is 0 Å². The maximum Gasteiger partial charge on any atom is 0.225 e. The van der Waals surface area contributed by atoms with E-state index in [9.17, 15) is 4.79 Å². The Balaban J connectivity index is 1.40. The molecule has 0 bridgehead atoms. The van der Waals surface area contributed by atoms with Gasteiger partial charge in [0.1, 0.15) is 0 Å². The third-order valence-corrected chi connectivity index (χ3v) is 4.04. The molecule has 19 heavy (non-hydrogen) atoms. The van der Waals surface area contributed by atoms with Gasteiger partial charge >= 0.3 is 0 Å². The van der Waals surface area contributed by atoms with E-state index in [1.807, 2.05) is 0 Å². The molecule has 1 aromatic carbocycles. The minimum Gasteiger partial charge on any atom is -0.371 e. The lowest BCUT2D eigenvalue weighted by Gasteiger charge is -2.26. The van der Waals surface area contributed by atoms with Crippen LogP contribution in [-0.4, -0.2) is 38.6 Å². The SMILES string of the molecule is O=C(NCCCN1CCc2ccccc21)C1CNC1. The molecule has 1 saturated heterocycles. The Hall–Kier alpha value is -1.55. The topological polar surface area (TPSA) is 44.4 Å². The first kappa shape index (κ1) is 12.5. The number of hydrogen-bond acceptors (Lipinski definition) is 3. The number of carbonyl (C=O) groups excluding carboxylic acids is 1. The Labute approximate surface area is 114 Å². The second-order valence-electron chi connectivity index (χ2n) is 5.37. The van der Waals surface area contributed by atoms with Gasteiger partial charge in [0, 0.05) is 38.4 Å². The summed E-state index contributed by atoms with van der Waals surface area (Å²) in [6.07, 6.45) is 2.16. The van der Waals surface area contributed by atoms with E-state index in [0.29, 0.717) is 0 Å². The van der Waals surface area contributed by atoms with Crippen molar-refractivity contribution in [3.8, 4) is 0 Å². The van der Waals surface area contributed by atoms with Gasteiger partial charge < -0.3 is 15.5 Å². The number of para-hydroxylation sites is 1. The smallest absolute Gasteiger partial charge is 0.225 e. The Bertz CT molecular complexity index is 456. The largest absolute Gasteiger partial charge is 0.371 e. The number of amides is 1. The average Bonchev–Trinajstić information content (AvgIpc) is 2.76. The number of carbonyl (C=O) groups is 1. The van der Waals surface area contributed by atoms with Gasteiger partial charge in [0.05, 0.1) is 5.92 Å². The fourth-order valence-electron chi connectivity index (χ4n) is 2.74. The Morgan fingerprint density at radius 2 is 2.21 bits per heavy atom. The van der Waals surface area contributed by atoms with Gasteiger partial charge in [0.2, 0.25) is 5.91 Å². The molecular formula is C15H21N3O. The molecule has 2 heterocycles. The van der Waals surface area contributed by atoms with Crippen molar-refractivity contribution >= 4 is 11.6 Å². The van der Waals surface area contributed by atoms with Crippen molar-refractivity contribution in [2.45, 2.75) is 12.8 Å². The molecule has 0 atom stereocenters. The molecule has 4 nitrogen and oxygen atoms in total. The van der Waals surface area contributed by atoms with E-state index in [0.717, 1.165) is 45.6 Å². The molecule has 0 saturated carbocycles. The summed E-state index contributed by atoms with van der Waals surface area (Å²) in [4.78, 5) is 14.1. The van der Waals surface area contributed by atoms with Crippen LogP contribution in [0.3, 0.4) is 0 Å². The first-order valence-corrected chi connectivity index (χ1v) is 7.16. The summed E-state index contributed by atoms with van der Waals surface area (Å²) in [5.74, 6) is 0.410. The molecule has 0 aromatic heterocycles. The van der Waals surface area contributed by atoms with E-state index in [-0.39, 0.29) is 11.8 Å². The molecule has 3 rings (SSSR count). The first-order valence-electron chi connectivity index (χ1n) is 7.16. The van der Waals surface area contributed by atoms with Gasteiger partial charge in [-0.15, -0.1) is 0 Å². The van der Waals surface area contributed by atoms with Gasteiger partial charge in [-0.1, -0.05) is 18.2 Å². The van der Waals surface area contributed by atoms with Crippen LogP contribution < -0.4 is 15.5 Å². The molecular weight excluding hydrogens is 238 g/mol. The zero-order valence-corrected chi connectivity index (χ0v) is 11.2. The lowest BCUT2D eigenvalue weighted by atomic mass is 10.0. The monoisotopic (exact) mass is 259 g/mol. The molecule has 2 aliphatic heterocycles. The van der Waals surface area contributed by atoms with Crippen molar-refractivity contribution in [1.29, 1.82) is 0 Å². The number of anilines is 1. The van der Waals surface area contributed by atoms with Gasteiger partial charge in [-0.3, -0.25) is 4.79 Å². The van der Waals surface area contributed by atoms with Crippen LogP contribution in [0.5, 0.6) is 0 Å². The number of rotatable bonds is 5. The number of fused-ring (bicyclic) bond motifs is 1. The minimum atomic E-state index is 0.201. The summed E-state index contributed by atoms with van der Waals surface area (Å²) in [6, 6.07) is 8.61. The quantitative estimate of drug-likeness (QED) is 0.768. The van der Waals surface area contributed by atoms with Crippen molar-refractivity contribution in [3.05, 3.63) is 29.8 Å². The molecule has 1 amide bonds. The maximum absolute atomic E-state index is 11.7. The Kier molecular flexibility index (Phi) is 3.69. The molecule has 1 fully saturated rings. The predicted octanol–water partition coefficient (Wildman–Crippen LogP) is 0.775. The summed E-state index contributed by atoms with van der Waals surface area (Å²) in [6.45, 7) is 4.60. The first-order chi connectivity index (χ1) is 9.34. The van der Waals surface area contributed by atoms with Crippen molar-refractivity contribution in [3.63, 3.8) is 0 Å². The summed E-state index contributed by atoms with van der Waals surface area (Å²) in [5.41, 5.74) is 2.82. The molecule has 2 aliphatic rings. The summed E-state index contributed by atoms with van der Waals surface area (Å²) < 4.78 is 0. The number of hydrogen-bond donors (Lipinski definition) is 2. The highest BCUT2D eigenvalue weighted by Crippen LogP contribution is 2.27. The van der Waals surface area contributed by atoms with Crippen molar-refractivity contribution in [2.75, 3.05) is 37.6 Å². The average molecular weight is 259 g/mol. The molecule has 1 aromatic rings. The zero-order valence-electron chi connectivity index (χ0n) is 11.2. The fraction of sp³-hybridized carbons (Fsp3) is 0.533. The minimum absolute atomic E-state index is 0.201. The van der Waals surface area contributed by atoms with E-state index >= 15 is 0 Å². The molecule has 0 unspecified atom stereocenters. The second-order valence-corrected chi connectivity index (χ2v) is 5.37. The maximum atomic E-state index is 11.7. The third kappa shape index (κ3) is 2.73. The second kappa shape index (κ2) is 5.61. The zero-order chi connectivity index (χ0) is 13.1. The van der Waals surface area contributed by atoms with Crippen LogP contribution in [0.25, 0.3) is 0 Å². The molecule has 2 N–H and O–H groups in total. The Morgan fingerprint density at radius 1 is 1.37 bits per heavy atom. The van der Waals surface area contributed by atoms with Gasteiger partial charge in [0.15, 0.2) is 0 Å². The molecule has 102 valence electrons. The van der Waals surface area contributed by atoms with Crippen molar-refractivity contribution in [2.24, 2.45) is 5.92 Å². The van der Waals surface area contributed by atoms with Crippen LogP contribution in [0.4, 0.5) is 5.69 Å². The van der Waals surface area contributed by atoms with Crippen molar-refractivity contribution < 1.29 is 4.79 Å². The molecule has 4 heteroatoms. The lowest BCUT2D eigenvalue weighted by Crippen LogP contribution is -2.51. The van der Waals surface area contributed by atoms with E-state index in [4.69, 9.17) is 0 Å². The van der Waals surface area contributed by atoms with E-state index in [1.165, 1.54) is 11.3 Å². The van der Waals surface area contributed by atoms with E-state index < -0.39 is 0 Å². The third-order valence-electron chi connectivity index (χ3n) is 4.04. The van der Waals surface area contributed by atoms with E-state index in [1.54, 1.807) is 0 Å².